The van der Waals surface area contributed by atoms with Gasteiger partial charge in [0.05, 0.1) is 5.60 Å². The van der Waals surface area contributed by atoms with Crippen molar-refractivity contribution in [2.75, 3.05) is 26.2 Å². The van der Waals surface area contributed by atoms with Gasteiger partial charge in [-0.3, -0.25) is 4.90 Å². The van der Waals surface area contributed by atoms with E-state index in [2.05, 4.69) is 31.0 Å². The molecule has 1 aliphatic heterocycles. The number of hydrogen-bond donors (Lipinski definition) is 2. The van der Waals surface area contributed by atoms with Crippen molar-refractivity contribution in [3.63, 3.8) is 0 Å². The molecule has 3 nitrogen and oxygen atoms in total. The van der Waals surface area contributed by atoms with Crippen molar-refractivity contribution < 1.29 is 5.11 Å². The highest BCUT2D eigenvalue weighted by Gasteiger charge is 2.29. The molecule has 0 radical (unpaired) electrons. The standard InChI is InChI=1S/C11H24N2O/c1-9(2)11(4,14)8-13-6-5-12-10(3)7-13/h9-10,12,14H,5-8H2,1-4H3. The van der Waals surface area contributed by atoms with Crippen LogP contribution in [0.5, 0.6) is 0 Å². The molecule has 0 spiro atoms. The van der Waals surface area contributed by atoms with Crippen LogP contribution in [0.15, 0.2) is 0 Å². The molecular weight excluding hydrogens is 176 g/mol. The predicted molar refractivity (Wildman–Crippen MR) is 59.4 cm³/mol. The lowest BCUT2D eigenvalue weighted by molar-refractivity contribution is -0.0238. The van der Waals surface area contributed by atoms with Gasteiger partial charge in [-0.1, -0.05) is 13.8 Å². The second-order valence-electron chi connectivity index (χ2n) is 5.10. The number of nitrogens with one attached hydrogen (secondary N) is 1. The summed E-state index contributed by atoms with van der Waals surface area (Å²) in [4.78, 5) is 2.35. The van der Waals surface area contributed by atoms with Gasteiger partial charge in [0, 0.05) is 32.2 Å². The highest BCUT2D eigenvalue weighted by Crippen LogP contribution is 2.18. The van der Waals surface area contributed by atoms with E-state index in [1.807, 2.05) is 6.92 Å². The first-order chi connectivity index (χ1) is 6.42. The number of nitrogens with zero attached hydrogens (tertiary/aromatic N) is 1. The first-order valence-corrected chi connectivity index (χ1v) is 5.60. The molecule has 84 valence electrons. The molecule has 1 rings (SSSR count). The highest BCUT2D eigenvalue weighted by molar-refractivity contribution is 4.84. The molecule has 0 aliphatic carbocycles. The van der Waals surface area contributed by atoms with Crippen molar-refractivity contribution >= 4 is 0 Å². The fraction of sp³-hybridized carbons (Fsp3) is 1.00. The highest BCUT2D eigenvalue weighted by atomic mass is 16.3. The molecule has 2 atom stereocenters. The van der Waals surface area contributed by atoms with E-state index in [1.54, 1.807) is 0 Å². The van der Waals surface area contributed by atoms with Gasteiger partial charge in [0.15, 0.2) is 0 Å². The van der Waals surface area contributed by atoms with Gasteiger partial charge in [-0.2, -0.15) is 0 Å². The molecule has 0 amide bonds. The van der Waals surface area contributed by atoms with Crippen LogP contribution in [0.25, 0.3) is 0 Å². The largest absolute Gasteiger partial charge is 0.389 e. The van der Waals surface area contributed by atoms with Gasteiger partial charge in [-0.05, 0) is 19.8 Å². The van der Waals surface area contributed by atoms with Gasteiger partial charge in [-0.15, -0.1) is 0 Å². The second kappa shape index (κ2) is 4.60. The average molecular weight is 200 g/mol. The Bertz CT molecular complexity index is 180. The monoisotopic (exact) mass is 200 g/mol. The lowest BCUT2D eigenvalue weighted by atomic mass is 9.91. The second-order valence-corrected chi connectivity index (χ2v) is 5.10. The Morgan fingerprint density at radius 3 is 2.71 bits per heavy atom. The van der Waals surface area contributed by atoms with Crippen molar-refractivity contribution in [3.8, 4) is 0 Å². The quantitative estimate of drug-likeness (QED) is 0.703. The minimum absolute atomic E-state index is 0.313. The third kappa shape index (κ3) is 3.23. The van der Waals surface area contributed by atoms with Crippen molar-refractivity contribution in [2.24, 2.45) is 5.92 Å². The van der Waals surface area contributed by atoms with Crippen LogP contribution in [-0.2, 0) is 0 Å². The summed E-state index contributed by atoms with van der Waals surface area (Å²) >= 11 is 0. The van der Waals surface area contributed by atoms with Crippen LogP contribution in [0.2, 0.25) is 0 Å². The number of β-amino-alcohol motifs (C(OH)–C–C–N with tert-alkyl or cyclic N) is 1. The van der Waals surface area contributed by atoms with Gasteiger partial charge < -0.3 is 10.4 Å². The Hall–Kier alpha value is -0.120. The van der Waals surface area contributed by atoms with Crippen molar-refractivity contribution in [2.45, 2.75) is 39.3 Å². The van der Waals surface area contributed by atoms with E-state index >= 15 is 0 Å². The van der Waals surface area contributed by atoms with Gasteiger partial charge in [0.1, 0.15) is 0 Å². The van der Waals surface area contributed by atoms with Gasteiger partial charge >= 0.3 is 0 Å². The fourth-order valence-corrected chi connectivity index (χ4v) is 1.79. The SMILES string of the molecule is CC1CN(CC(C)(O)C(C)C)CCN1. The van der Waals surface area contributed by atoms with E-state index in [-0.39, 0.29) is 0 Å². The lowest BCUT2D eigenvalue weighted by Gasteiger charge is -2.38. The summed E-state index contributed by atoms with van der Waals surface area (Å²) in [5.74, 6) is 0.313. The van der Waals surface area contributed by atoms with Crippen molar-refractivity contribution in [3.05, 3.63) is 0 Å². The number of aliphatic hydroxyl groups is 1. The molecule has 0 aromatic carbocycles. The first kappa shape index (κ1) is 12.0. The molecule has 0 saturated carbocycles. The topological polar surface area (TPSA) is 35.5 Å². The Morgan fingerprint density at radius 2 is 2.21 bits per heavy atom. The van der Waals surface area contributed by atoms with Crippen LogP contribution in [0.1, 0.15) is 27.7 Å². The molecule has 1 heterocycles. The zero-order valence-corrected chi connectivity index (χ0v) is 9.88. The van der Waals surface area contributed by atoms with Crippen LogP contribution < -0.4 is 5.32 Å². The molecule has 3 heteroatoms. The lowest BCUT2D eigenvalue weighted by Crippen LogP contribution is -2.54. The van der Waals surface area contributed by atoms with Crippen LogP contribution in [-0.4, -0.2) is 47.8 Å². The molecule has 2 unspecified atom stereocenters. The van der Waals surface area contributed by atoms with Crippen molar-refractivity contribution in [1.82, 2.24) is 10.2 Å². The summed E-state index contributed by atoms with van der Waals surface area (Å²) in [5.41, 5.74) is -0.558. The predicted octanol–water partition coefficient (Wildman–Crippen LogP) is 0.687. The summed E-state index contributed by atoms with van der Waals surface area (Å²) < 4.78 is 0. The molecule has 14 heavy (non-hydrogen) atoms. The summed E-state index contributed by atoms with van der Waals surface area (Å²) in [6.07, 6.45) is 0. The molecule has 1 saturated heterocycles. The normalized spacial score (nSPS) is 29.1. The number of rotatable bonds is 3. The third-order valence-electron chi connectivity index (χ3n) is 3.24. The zero-order chi connectivity index (χ0) is 10.8. The van der Waals surface area contributed by atoms with Gasteiger partial charge in [-0.25, -0.2) is 0 Å². The minimum atomic E-state index is -0.558. The zero-order valence-electron chi connectivity index (χ0n) is 9.88. The Balaban J connectivity index is 2.43. The van der Waals surface area contributed by atoms with Crippen LogP contribution >= 0.6 is 0 Å². The van der Waals surface area contributed by atoms with Crippen molar-refractivity contribution in [1.29, 1.82) is 0 Å². The van der Waals surface area contributed by atoms with Gasteiger partial charge in [0.2, 0.25) is 0 Å². The van der Waals surface area contributed by atoms with E-state index in [9.17, 15) is 5.11 Å². The molecule has 1 aliphatic rings. The summed E-state index contributed by atoms with van der Waals surface area (Å²) in [5, 5.41) is 13.6. The maximum atomic E-state index is 10.2. The molecule has 0 aromatic rings. The summed E-state index contributed by atoms with van der Waals surface area (Å²) in [6.45, 7) is 12.2. The number of piperazine rings is 1. The summed E-state index contributed by atoms with van der Waals surface area (Å²) in [7, 11) is 0. The minimum Gasteiger partial charge on any atom is -0.389 e. The Labute approximate surface area is 87.5 Å². The van der Waals surface area contributed by atoms with Crippen LogP contribution in [0, 0.1) is 5.92 Å². The van der Waals surface area contributed by atoms with E-state index in [0.29, 0.717) is 12.0 Å². The van der Waals surface area contributed by atoms with E-state index in [1.165, 1.54) is 0 Å². The van der Waals surface area contributed by atoms with Crippen LogP contribution in [0.4, 0.5) is 0 Å². The first-order valence-electron chi connectivity index (χ1n) is 5.60. The fourth-order valence-electron chi connectivity index (χ4n) is 1.79. The molecule has 2 N–H and O–H groups in total. The molecular formula is C11H24N2O. The third-order valence-corrected chi connectivity index (χ3v) is 3.24. The molecule has 0 bridgehead atoms. The van der Waals surface area contributed by atoms with Crippen LogP contribution in [0.3, 0.4) is 0 Å². The Kier molecular flexibility index (Phi) is 3.93. The maximum absolute atomic E-state index is 10.2. The van der Waals surface area contributed by atoms with E-state index in [0.717, 1.165) is 26.2 Å². The Morgan fingerprint density at radius 1 is 1.57 bits per heavy atom. The number of hydrogen-bond acceptors (Lipinski definition) is 3. The molecule has 1 fully saturated rings. The van der Waals surface area contributed by atoms with E-state index < -0.39 is 5.60 Å². The molecule has 0 aromatic heterocycles. The maximum Gasteiger partial charge on any atom is 0.0768 e. The van der Waals surface area contributed by atoms with E-state index in [4.69, 9.17) is 0 Å². The summed E-state index contributed by atoms with van der Waals surface area (Å²) in [6, 6.07) is 0.548. The average Bonchev–Trinajstić information content (AvgIpc) is 2.02. The smallest absolute Gasteiger partial charge is 0.0768 e. The van der Waals surface area contributed by atoms with Gasteiger partial charge in [0.25, 0.3) is 0 Å².